The second-order valence-electron chi connectivity index (χ2n) is 4.07. The Hall–Kier alpha value is -2.83. The molecule has 2 rings (SSSR count). The minimum Gasteiger partial charge on any atom is -0.437 e. The first-order valence-corrected chi connectivity index (χ1v) is 6.02. The SMILES string of the molecule is CCc1c(Oc2cc(C#N)cc(C#N)c2)n[nH]c1CO. The van der Waals surface area contributed by atoms with E-state index >= 15 is 0 Å². The van der Waals surface area contributed by atoms with Crippen LogP contribution in [0.15, 0.2) is 18.2 Å². The van der Waals surface area contributed by atoms with Gasteiger partial charge in [-0.2, -0.15) is 10.5 Å². The molecule has 0 radical (unpaired) electrons. The van der Waals surface area contributed by atoms with E-state index in [9.17, 15) is 5.11 Å². The van der Waals surface area contributed by atoms with Gasteiger partial charge in [-0.15, -0.1) is 5.10 Å². The van der Waals surface area contributed by atoms with Crippen LogP contribution in [0.5, 0.6) is 11.6 Å². The van der Waals surface area contributed by atoms with Gasteiger partial charge in [-0.1, -0.05) is 6.92 Å². The van der Waals surface area contributed by atoms with Crippen LogP contribution >= 0.6 is 0 Å². The number of H-pyrrole nitrogens is 1. The standard InChI is InChI=1S/C14H12N4O2/c1-2-12-13(8-19)17-18-14(12)20-11-4-9(6-15)3-10(5-11)7-16/h3-5,19H,2,8H2,1H3,(H,17,18). The van der Waals surface area contributed by atoms with Crippen molar-refractivity contribution in [1.29, 1.82) is 10.5 Å². The lowest BCUT2D eigenvalue weighted by molar-refractivity contribution is 0.275. The molecule has 0 saturated heterocycles. The van der Waals surface area contributed by atoms with E-state index in [1.54, 1.807) is 0 Å². The van der Waals surface area contributed by atoms with Gasteiger partial charge in [-0.3, -0.25) is 5.10 Å². The summed E-state index contributed by atoms with van der Waals surface area (Å²) in [5.74, 6) is 0.710. The second-order valence-corrected chi connectivity index (χ2v) is 4.07. The molecule has 1 heterocycles. The number of aliphatic hydroxyl groups excluding tert-OH is 1. The van der Waals surface area contributed by atoms with Crippen LogP contribution in [-0.4, -0.2) is 15.3 Å². The lowest BCUT2D eigenvalue weighted by atomic mass is 10.1. The number of ether oxygens (including phenoxy) is 1. The number of rotatable bonds is 4. The third-order valence-corrected chi connectivity index (χ3v) is 2.81. The summed E-state index contributed by atoms with van der Waals surface area (Å²) in [4.78, 5) is 0. The van der Waals surface area contributed by atoms with E-state index in [-0.39, 0.29) is 6.61 Å². The molecule has 2 aromatic rings. The highest BCUT2D eigenvalue weighted by atomic mass is 16.5. The van der Waals surface area contributed by atoms with Crippen LogP contribution < -0.4 is 4.74 Å². The normalized spacial score (nSPS) is 9.80. The number of hydrogen-bond donors (Lipinski definition) is 2. The number of hydrogen-bond acceptors (Lipinski definition) is 5. The molecule has 0 unspecified atom stereocenters. The van der Waals surface area contributed by atoms with E-state index in [1.807, 2.05) is 19.1 Å². The zero-order valence-corrected chi connectivity index (χ0v) is 10.8. The summed E-state index contributed by atoms with van der Waals surface area (Å²) in [6.07, 6.45) is 0.644. The first-order valence-electron chi connectivity index (χ1n) is 6.02. The highest BCUT2D eigenvalue weighted by Gasteiger charge is 2.13. The number of aromatic amines is 1. The largest absolute Gasteiger partial charge is 0.437 e. The molecule has 0 amide bonds. The molecular formula is C14H12N4O2. The number of nitriles is 2. The fourth-order valence-corrected chi connectivity index (χ4v) is 1.86. The summed E-state index contributed by atoms with van der Waals surface area (Å²) < 4.78 is 5.61. The van der Waals surface area contributed by atoms with Gasteiger partial charge >= 0.3 is 0 Å². The molecule has 0 saturated carbocycles. The quantitative estimate of drug-likeness (QED) is 0.882. The van der Waals surface area contributed by atoms with Crippen molar-refractivity contribution < 1.29 is 9.84 Å². The lowest BCUT2D eigenvalue weighted by Crippen LogP contribution is -1.93. The summed E-state index contributed by atoms with van der Waals surface area (Å²) in [6.45, 7) is 1.77. The molecule has 0 bridgehead atoms. The fraction of sp³-hybridized carbons (Fsp3) is 0.214. The van der Waals surface area contributed by atoms with Gasteiger partial charge < -0.3 is 9.84 Å². The van der Waals surface area contributed by atoms with Gasteiger partial charge in [-0.25, -0.2) is 0 Å². The molecule has 0 spiro atoms. The molecule has 0 aliphatic carbocycles. The zero-order valence-electron chi connectivity index (χ0n) is 10.8. The highest BCUT2D eigenvalue weighted by molar-refractivity contribution is 5.47. The lowest BCUT2D eigenvalue weighted by Gasteiger charge is -2.05. The molecule has 100 valence electrons. The number of aliphatic hydroxyl groups is 1. The number of benzene rings is 1. The molecule has 1 aromatic carbocycles. The number of nitrogens with zero attached hydrogens (tertiary/aromatic N) is 3. The first-order chi connectivity index (χ1) is 9.71. The Labute approximate surface area is 115 Å². The van der Waals surface area contributed by atoms with Crippen LogP contribution in [0.25, 0.3) is 0 Å². The second kappa shape index (κ2) is 5.87. The fourth-order valence-electron chi connectivity index (χ4n) is 1.86. The smallest absolute Gasteiger partial charge is 0.241 e. The first kappa shape index (κ1) is 13.6. The van der Waals surface area contributed by atoms with E-state index in [1.165, 1.54) is 18.2 Å². The topological polar surface area (TPSA) is 106 Å². The molecule has 20 heavy (non-hydrogen) atoms. The minimum atomic E-state index is -0.152. The average molecular weight is 268 g/mol. The summed E-state index contributed by atoms with van der Waals surface area (Å²) in [5.41, 5.74) is 2.05. The van der Waals surface area contributed by atoms with E-state index in [0.717, 1.165) is 5.56 Å². The Morgan fingerprint density at radius 2 is 1.90 bits per heavy atom. The van der Waals surface area contributed by atoms with Crippen molar-refractivity contribution in [3.63, 3.8) is 0 Å². The summed E-state index contributed by atoms with van der Waals surface area (Å²) in [5, 5.41) is 33.7. The predicted molar refractivity (Wildman–Crippen MR) is 69.8 cm³/mol. The zero-order chi connectivity index (χ0) is 14.5. The van der Waals surface area contributed by atoms with Crippen molar-refractivity contribution in [3.8, 4) is 23.8 Å². The van der Waals surface area contributed by atoms with Crippen molar-refractivity contribution in [3.05, 3.63) is 40.6 Å². The van der Waals surface area contributed by atoms with Gasteiger partial charge in [0.05, 0.1) is 35.6 Å². The van der Waals surface area contributed by atoms with Crippen LogP contribution in [0, 0.1) is 22.7 Å². The number of aromatic nitrogens is 2. The molecule has 6 heteroatoms. The Balaban J connectivity index is 2.38. The van der Waals surface area contributed by atoms with E-state index < -0.39 is 0 Å². The maximum atomic E-state index is 9.18. The predicted octanol–water partition coefficient (Wildman–Crippen LogP) is 2.00. The molecule has 2 N–H and O–H groups in total. The van der Waals surface area contributed by atoms with Crippen LogP contribution in [0.1, 0.15) is 29.3 Å². The van der Waals surface area contributed by atoms with Gasteiger partial charge in [0.25, 0.3) is 0 Å². The average Bonchev–Trinajstić information content (AvgIpc) is 2.88. The van der Waals surface area contributed by atoms with Crippen molar-refractivity contribution >= 4 is 0 Å². The van der Waals surface area contributed by atoms with Crippen LogP contribution in [0.4, 0.5) is 0 Å². The molecule has 0 fully saturated rings. The Kier molecular flexibility index (Phi) is 3.99. The van der Waals surface area contributed by atoms with Crippen molar-refractivity contribution in [1.82, 2.24) is 10.2 Å². The number of nitrogens with one attached hydrogen (secondary N) is 1. The monoisotopic (exact) mass is 268 g/mol. The maximum absolute atomic E-state index is 9.18. The molecule has 0 aliphatic rings. The molecule has 1 aromatic heterocycles. The van der Waals surface area contributed by atoms with Crippen LogP contribution in [-0.2, 0) is 13.0 Å². The Bertz CT molecular complexity index is 675. The summed E-state index contributed by atoms with van der Waals surface area (Å²) in [7, 11) is 0. The van der Waals surface area contributed by atoms with Crippen molar-refractivity contribution in [2.24, 2.45) is 0 Å². The third-order valence-electron chi connectivity index (χ3n) is 2.81. The van der Waals surface area contributed by atoms with Gasteiger partial charge in [0.15, 0.2) is 0 Å². The Morgan fingerprint density at radius 1 is 1.25 bits per heavy atom. The van der Waals surface area contributed by atoms with Crippen LogP contribution in [0.3, 0.4) is 0 Å². The summed E-state index contributed by atoms with van der Waals surface area (Å²) >= 11 is 0. The Morgan fingerprint density at radius 3 is 2.40 bits per heavy atom. The van der Waals surface area contributed by atoms with E-state index in [2.05, 4.69) is 10.2 Å². The molecule has 0 atom stereocenters. The molecule has 6 nitrogen and oxygen atoms in total. The third kappa shape index (κ3) is 2.61. The van der Waals surface area contributed by atoms with E-state index in [4.69, 9.17) is 15.3 Å². The van der Waals surface area contributed by atoms with Gasteiger partial charge in [0.2, 0.25) is 5.88 Å². The van der Waals surface area contributed by atoms with Crippen LogP contribution in [0.2, 0.25) is 0 Å². The van der Waals surface area contributed by atoms with E-state index in [0.29, 0.717) is 34.9 Å². The van der Waals surface area contributed by atoms with Crippen molar-refractivity contribution in [2.45, 2.75) is 20.0 Å². The van der Waals surface area contributed by atoms with Crippen molar-refractivity contribution in [2.75, 3.05) is 0 Å². The maximum Gasteiger partial charge on any atom is 0.241 e. The summed E-state index contributed by atoms with van der Waals surface area (Å²) in [6, 6.07) is 8.50. The van der Waals surface area contributed by atoms with Gasteiger partial charge in [-0.05, 0) is 24.6 Å². The van der Waals surface area contributed by atoms with Gasteiger partial charge in [0, 0.05) is 5.56 Å². The molecule has 0 aliphatic heterocycles. The molecular weight excluding hydrogens is 256 g/mol. The minimum absolute atomic E-state index is 0.152. The highest BCUT2D eigenvalue weighted by Crippen LogP contribution is 2.27. The van der Waals surface area contributed by atoms with Gasteiger partial charge in [0.1, 0.15) is 5.75 Å².